The van der Waals surface area contributed by atoms with Gasteiger partial charge in [0.05, 0.1) is 11.3 Å². The summed E-state index contributed by atoms with van der Waals surface area (Å²) in [6.07, 6.45) is -0.134. The van der Waals surface area contributed by atoms with Crippen LogP contribution in [0.4, 0.5) is 11.4 Å². The van der Waals surface area contributed by atoms with E-state index in [4.69, 9.17) is 4.74 Å². The monoisotopic (exact) mass is 384 g/mol. The van der Waals surface area contributed by atoms with Crippen molar-refractivity contribution in [1.82, 2.24) is 5.43 Å². The Hall–Kier alpha value is -3.75. The molecule has 2 rings (SSSR count). The van der Waals surface area contributed by atoms with Crippen LogP contribution in [0.2, 0.25) is 0 Å². The van der Waals surface area contributed by atoms with Crippen molar-refractivity contribution in [2.45, 2.75) is 20.3 Å². The van der Waals surface area contributed by atoms with E-state index in [1.807, 2.05) is 19.1 Å². The number of hydrogen-bond donors (Lipinski definition) is 2. The Balaban J connectivity index is 1.83. The van der Waals surface area contributed by atoms with E-state index in [2.05, 4.69) is 15.8 Å². The van der Waals surface area contributed by atoms with E-state index < -0.39 is 16.7 Å². The summed E-state index contributed by atoms with van der Waals surface area (Å²) >= 11 is 0. The summed E-state index contributed by atoms with van der Waals surface area (Å²) in [7, 11) is 0. The Bertz CT molecular complexity index is 911. The summed E-state index contributed by atoms with van der Waals surface area (Å²) in [4.78, 5) is 34.2. The van der Waals surface area contributed by atoms with Gasteiger partial charge in [-0.1, -0.05) is 30.3 Å². The van der Waals surface area contributed by atoms with Crippen molar-refractivity contribution >= 4 is 28.9 Å². The molecule has 0 aliphatic carbocycles. The molecule has 146 valence electrons. The van der Waals surface area contributed by atoms with Crippen LogP contribution in [0, 0.1) is 17.0 Å². The molecule has 0 spiro atoms. The number of carbonyl (C=O) groups is 2. The lowest BCUT2D eigenvalue weighted by Crippen LogP contribution is -2.26. The fourth-order valence-electron chi connectivity index (χ4n) is 2.26. The number of ether oxygens (including phenoxy) is 1. The number of carbonyl (C=O) groups excluding carboxylic acids is 2. The molecule has 9 nitrogen and oxygen atoms in total. The summed E-state index contributed by atoms with van der Waals surface area (Å²) in [5.41, 5.74) is 3.44. The Kier molecular flexibility index (Phi) is 7.21. The number of hydrogen-bond acceptors (Lipinski definition) is 6. The third-order valence-corrected chi connectivity index (χ3v) is 3.62. The van der Waals surface area contributed by atoms with E-state index in [0.29, 0.717) is 11.5 Å². The average Bonchev–Trinajstić information content (AvgIpc) is 2.66. The van der Waals surface area contributed by atoms with Crippen LogP contribution in [0.25, 0.3) is 0 Å². The molecule has 2 aromatic rings. The number of hydrazone groups is 1. The van der Waals surface area contributed by atoms with Crippen molar-refractivity contribution < 1.29 is 19.2 Å². The minimum absolute atomic E-state index is 0.0981. The molecule has 2 N–H and O–H groups in total. The minimum Gasteiger partial charge on any atom is -0.483 e. The number of rotatable bonds is 8. The van der Waals surface area contributed by atoms with Crippen LogP contribution in [-0.4, -0.2) is 29.1 Å². The Morgan fingerprint density at radius 3 is 2.50 bits per heavy atom. The number of amides is 2. The molecule has 0 radical (unpaired) electrons. The van der Waals surface area contributed by atoms with Gasteiger partial charge >= 0.3 is 0 Å². The van der Waals surface area contributed by atoms with Crippen molar-refractivity contribution in [2.24, 2.45) is 5.10 Å². The largest absolute Gasteiger partial charge is 0.483 e. The van der Waals surface area contributed by atoms with Gasteiger partial charge in [0.1, 0.15) is 11.4 Å². The molecule has 0 fully saturated rings. The van der Waals surface area contributed by atoms with Crippen LogP contribution in [0.1, 0.15) is 18.9 Å². The van der Waals surface area contributed by atoms with Gasteiger partial charge < -0.3 is 10.1 Å². The van der Waals surface area contributed by atoms with Crippen LogP contribution in [0.5, 0.6) is 5.75 Å². The predicted octanol–water partition coefficient (Wildman–Crippen LogP) is 2.80. The van der Waals surface area contributed by atoms with Crippen LogP contribution >= 0.6 is 0 Å². The Morgan fingerprint density at radius 2 is 1.79 bits per heavy atom. The zero-order chi connectivity index (χ0) is 20.5. The SMILES string of the molecule is C/C(CC(=O)Nc1ccccc1[N+](=O)[O-])=N/NC(=O)COc1ccccc1C. The maximum absolute atomic E-state index is 12.0. The number of nitrogens with one attached hydrogen (secondary N) is 2. The zero-order valence-electron chi connectivity index (χ0n) is 15.5. The highest BCUT2D eigenvalue weighted by molar-refractivity contribution is 6.06. The van der Waals surface area contributed by atoms with Crippen molar-refractivity contribution in [3.63, 3.8) is 0 Å². The molecule has 2 amide bonds. The molecule has 0 aromatic heterocycles. The molecule has 9 heteroatoms. The highest BCUT2D eigenvalue weighted by Crippen LogP contribution is 2.23. The van der Waals surface area contributed by atoms with Gasteiger partial charge in [0.2, 0.25) is 5.91 Å². The van der Waals surface area contributed by atoms with Gasteiger partial charge in [0.25, 0.3) is 11.6 Å². The summed E-state index contributed by atoms with van der Waals surface area (Å²) in [5.74, 6) is -0.357. The van der Waals surface area contributed by atoms with Crippen LogP contribution in [0.15, 0.2) is 53.6 Å². The average molecular weight is 384 g/mol. The van der Waals surface area contributed by atoms with E-state index in [-0.39, 0.29) is 24.4 Å². The zero-order valence-corrected chi connectivity index (χ0v) is 15.5. The lowest BCUT2D eigenvalue weighted by atomic mass is 10.2. The number of nitro benzene ring substituents is 1. The minimum atomic E-state index is -0.578. The Labute approximate surface area is 161 Å². The molecular weight excluding hydrogens is 364 g/mol. The van der Waals surface area contributed by atoms with Gasteiger partial charge in [-0.3, -0.25) is 19.7 Å². The van der Waals surface area contributed by atoms with E-state index in [9.17, 15) is 19.7 Å². The Morgan fingerprint density at radius 1 is 1.11 bits per heavy atom. The molecule has 0 aliphatic heterocycles. The smallest absolute Gasteiger partial charge is 0.292 e. The normalized spacial score (nSPS) is 10.9. The number of anilines is 1. The molecule has 0 saturated heterocycles. The lowest BCUT2D eigenvalue weighted by molar-refractivity contribution is -0.383. The van der Waals surface area contributed by atoms with E-state index in [1.54, 1.807) is 25.1 Å². The molecule has 0 bridgehead atoms. The fraction of sp³-hybridized carbons (Fsp3) is 0.211. The topological polar surface area (TPSA) is 123 Å². The number of nitrogens with zero attached hydrogens (tertiary/aromatic N) is 2. The van der Waals surface area contributed by atoms with Crippen molar-refractivity contribution in [3.8, 4) is 5.75 Å². The van der Waals surface area contributed by atoms with Gasteiger partial charge in [-0.15, -0.1) is 0 Å². The summed E-state index contributed by atoms with van der Waals surface area (Å²) in [6.45, 7) is 3.21. The number of para-hydroxylation sites is 3. The molecule has 0 unspecified atom stereocenters. The standard InChI is InChI=1S/C19H20N4O5/c1-13-7-3-6-10-17(13)28-12-19(25)22-21-14(2)11-18(24)20-15-8-4-5-9-16(15)23(26)27/h3-10H,11-12H2,1-2H3,(H,20,24)(H,22,25)/b21-14-. The van der Waals surface area contributed by atoms with Crippen LogP contribution in [-0.2, 0) is 9.59 Å². The highest BCUT2D eigenvalue weighted by Gasteiger charge is 2.15. The number of nitro groups is 1. The molecule has 0 saturated carbocycles. The number of benzene rings is 2. The van der Waals surface area contributed by atoms with Gasteiger partial charge in [-0.05, 0) is 31.5 Å². The fourth-order valence-corrected chi connectivity index (χ4v) is 2.26. The van der Waals surface area contributed by atoms with Crippen molar-refractivity contribution in [2.75, 3.05) is 11.9 Å². The lowest BCUT2D eigenvalue weighted by Gasteiger charge is -2.08. The first-order valence-electron chi connectivity index (χ1n) is 8.40. The van der Waals surface area contributed by atoms with Gasteiger partial charge in [0.15, 0.2) is 6.61 Å². The molecule has 0 aliphatic rings. The second kappa shape index (κ2) is 9.81. The third-order valence-electron chi connectivity index (χ3n) is 3.62. The highest BCUT2D eigenvalue weighted by atomic mass is 16.6. The molecular formula is C19H20N4O5. The molecule has 0 heterocycles. The third kappa shape index (κ3) is 6.20. The second-order valence-corrected chi connectivity index (χ2v) is 5.94. The maximum Gasteiger partial charge on any atom is 0.292 e. The first kappa shape index (κ1) is 20.6. The van der Waals surface area contributed by atoms with Gasteiger partial charge in [-0.25, -0.2) is 5.43 Å². The summed E-state index contributed by atoms with van der Waals surface area (Å²) in [5, 5.41) is 17.3. The molecule has 0 atom stereocenters. The molecule has 28 heavy (non-hydrogen) atoms. The van der Waals surface area contributed by atoms with E-state index in [1.165, 1.54) is 18.2 Å². The first-order valence-corrected chi connectivity index (χ1v) is 8.40. The first-order chi connectivity index (χ1) is 13.4. The van der Waals surface area contributed by atoms with Gasteiger partial charge in [-0.2, -0.15) is 5.10 Å². The van der Waals surface area contributed by atoms with Crippen LogP contribution in [0.3, 0.4) is 0 Å². The van der Waals surface area contributed by atoms with Crippen molar-refractivity contribution in [3.05, 3.63) is 64.2 Å². The summed E-state index contributed by atoms with van der Waals surface area (Å²) < 4.78 is 5.40. The van der Waals surface area contributed by atoms with Crippen molar-refractivity contribution in [1.29, 1.82) is 0 Å². The second-order valence-electron chi connectivity index (χ2n) is 5.94. The van der Waals surface area contributed by atoms with Gasteiger partial charge in [0, 0.05) is 11.8 Å². The molecule has 2 aromatic carbocycles. The maximum atomic E-state index is 12.0. The van der Waals surface area contributed by atoms with Crippen LogP contribution < -0.4 is 15.5 Å². The van der Waals surface area contributed by atoms with E-state index >= 15 is 0 Å². The predicted molar refractivity (Wildman–Crippen MR) is 104 cm³/mol. The summed E-state index contributed by atoms with van der Waals surface area (Å²) in [6, 6.07) is 13.1. The quantitative estimate of drug-likeness (QED) is 0.411. The van der Waals surface area contributed by atoms with E-state index in [0.717, 1.165) is 5.56 Å². The number of aryl methyl sites for hydroxylation is 1.